The Labute approximate surface area is 118 Å². The van der Waals surface area contributed by atoms with Crippen LogP contribution in [0.1, 0.15) is 12.5 Å². The number of benzene rings is 1. The third-order valence-electron chi connectivity index (χ3n) is 2.95. The number of carbonyl (C=O) groups is 1. The van der Waals surface area contributed by atoms with Crippen LogP contribution >= 0.6 is 0 Å². The molecule has 1 N–H and O–H groups in total. The Kier molecular flexibility index (Phi) is 4.76. The second-order valence-electron chi connectivity index (χ2n) is 4.76. The summed E-state index contributed by atoms with van der Waals surface area (Å²) >= 11 is 0. The Bertz CT molecular complexity index is 552. The van der Waals surface area contributed by atoms with E-state index in [9.17, 15) is 4.79 Å². The fourth-order valence-corrected chi connectivity index (χ4v) is 2.05. The van der Waals surface area contributed by atoms with E-state index in [1.807, 2.05) is 42.0 Å². The average Bonchev–Trinajstić information content (AvgIpc) is 2.91. The molecule has 1 amide bonds. The van der Waals surface area contributed by atoms with Crippen molar-refractivity contribution in [2.24, 2.45) is 0 Å². The summed E-state index contributed by atoms with van der Waals surface area (Å²) in [6.07, 6.45) is 5.70. The molecule has 0 saturated heterocycles. The van der Waals surface area contributed by atoms with Crippen LogP contribution in [0.4, 0.5) is 0 Å². The van der Waals surface area contributed by atoms with Crippen LogP contribution in [-0.2, 0) is 17.8 Å². The van der Waals surface area contributed by atoms with Crippen LogP contribution in [0.2, 0.25) is 0 Å². The molecule has 0 aliphatic heterocycles. The largest absolute Gasteiger partial charge is 0.497 e. The molecule has 1 heterocycles. The molecular formula is C15H19N3O2. The highest BCUT2D eigenvalue weighted by atomic mass is 16.5. The topological polar surface area (TPSA) is 56.1 Å². The minimum atomic E-state index is 0.00543. The summed E-state index contributed by atoms with van der Waals surface area (Å²) in [6, 6.07) is 7.60. The van der Waals surface area contributed by atoms with Gasteiger partial charge in [0.2, 0.25) is 5.91 Å². The van der Waals surface area contributed by atoms with Crippen LogP contribution < -0.4 is 10.1 Å². The maximum Gasteiger partial charge on any atom is 0.224 e. The Hall–Kier alpha value is -2.30. The Morgan fingerprint density at radius 1 is 1.50 bits per heavy atom. The summed E-state index contributed by atoms with van der Waals surface area (Å²) in [5.41, 5.74) is 0.941. The molecule has 1 aromatic carbocycles. The SMILES string of the molecule is COc1cccc(CC(=O)N[C@H](C)Cn2ccnc2)c1. The summed E-state index contributed by atoms with van der Waals surface area (Å²) in [5.74, 6) is 0.771. The van der Waals surface area contributed by atoms with Gasteiger partial charge in [0.1, 0.15) is 5.75 Å². The quantitative estimate of drug-likeness (QED) is 0.870. The van der Waals surface area contributed by atoms with Crippen LogP contribution in [0, 0.1) is 0 Å². The summed E-state index contributed by atoms with van der Waals surface area (Å²) in [4.78, 5) is 16.0. The Morgan fingerprint density at radius 3 is 3.05 bits per heavy atom. The van der Waals surface area contributed by atoms with Gasteiger partial charge in [-0.3, -0.25) is 4.79 Å². The predicted octanol–water partition coefficient (Wildman–Crippen LogP) is 1.64. The molecule has 0 aliphatic rings. The molecule has 5 heteroatoms. The molecule has 2 aromatic rings. The normalized spacial score (nSPS) is 11.9. The van der Waals surface area contributed by atoms with Gasteiger partial charge in [-0.25, -0.2) is 4.98 Å². The Morgan fingerprint density at radius 2 is 2.35 bits per heavy atom. The maximum atomic E-state index is 12.0. The van der Waals surface area contributed by atoms with Crippen LogP contribution in [0.3, 0.4) is 0 Å². The van der Waals surface area contributed by atoms with Gasteiger partial charge in [0.05, 0.1) is 19.9 Å². The number of methoxy groups -OCH3 is 1. The van der Waals surface area contributed by atoms with Gasteiger partial charge in [-0.2, -0.15) is 0 Å². The number of carbonyl (C=O) groups excluding carboxylic acids is 1. The van der Waals surface area contributed by atoms with Gasteiger partial charge in [-0.05, 0) is 24.6 Å². The molecule has 20 heavy (non-hydrogen) atoms. The number of nitrogens with one attached hydrogen (secondary N) is 1. The van der Waals surface area contributed by atoms with Crippen LogP contribution in [0.15, 0.2) is 43.0 Å². The molecule has 2 rings (SSSR count). The van der Waals surface area contributed by atoms with Gasteiger partial charge in [0.15, 0.2) is 0 Å². The average molecular weight is 273 g/mol. The van der Waals surface area contributed by atoms with Gasteiger partial charge < -0.3 is 14.6 Å². The van der Waals surface area contributed by atoms with E-state index < -0.39 is 0 Å². The van der Waals surface area contributed by atoms with Crippen LogP contribution in [0.25, 0.3) is 0 Å². The summed E-state index contributed by atoms with van der Waals surface area (Å²) < 4.78 is 7.09. The molecule has 0 unspecified atom stereocenters. The zero-order valence-corrected chi connectivity index (χ0v) is 11.7. The number of amides is 1. The fraction of sp³-hybridized carbons (Fsp3) is 0.333. The smallest absolute Gasteiger partial charge is 0.224 e. The van der Waals surface area contributed by atoms with E-state index in [-0.39, 0.29) is 11.9 Å². The van der Waals surface area contributed by atoms with E-state index in [1.54, 1.807) is 19.6 Å². The maximum absolute atomic E-state index is 12.0. The lowest BCUT2D eigenvalue weighted by atomic mass is 10.1. The number of aromatic nitrogens is 2. The van der Waals surface area contributed by atoms with Crippen molar-refractivity contribution in [2.75, 3.05) is 7.11 Å². The Balaban J connectivity index is 1.85. The predicted molar refractivity (Wildman–Crippen MR) is 76.5 cm³/mol. The van der Waals surface area contributed by atoms with Crippen molar-refractivity contribution in [3.8, 4) is 5.75 Å². The molecule has 0 spiro atoms. The number of ether oxygens (including phenoxy) is 1. The van der Waals surface area contributed by atoms with E-state index in [1.165, 1.54) is 0 Å². The minimum absolute atomic E-state index is 0.00543. The number of hydrogen-bond donors (Lipinski definition) is 1. The van der Waals surface area contributed by atoms with Crippen molar-refractivity contribution in [3.63, 3.8) is 0 Å². The molecule has 0 saturated carbocycles. The summed E-state index contributed by atoms with van der Waals surface area (Å²) in [6.45, 7) is 2.69. The third-order valence-corrected chi connectivity index (χ3v) is 2.95. The van der Waals surface area contributed by atoms with Crippen molar-refractivity contribution < 1.29 is 9.53 Å². The highest BCUT2D eigenvalue weighted by Gasteiger charge is 2.09. The standard InChI is InChI=1S/C15H19N3O2/c1-12(10-18-7-6-16-11-18)17-15(19)9-13-4-3-5-14(8-13)20-2/h3-8,11-12H,9-10H2,1-2H3,(H,17,19)/t12-/m1/s1. The van der Waals surface area contributed by atoms with E-state index in [4.69, 9.17) is 4.74 Å². The van der Waals surface area contributed by atoms with Gasteiger partial charge in [-0.15, -0.1) is 0 Å². The van der Waals surface area contributed by atoms with E-state index >= 15 is 0 Å². The first-order valence-corrected chi connectivity index (χ1v) is 6.55. The van der Waals surface area contributed by atoms with E-state index in [2.05, 4.69) is 10.3 Å². The van der Waals surface area contributed by atoms with Crippen LogP contribution in [0.5, 0.6) is 5.75 Å². The number of rotatable bonds is 6. The molecule has 5 nitrogen and oxygen atoms in total. The summed E-state index contributed by atoms with van der Waals surface area (Å²) in [5, 5.41) is 2.98. The molecular weight excluding hydrogens is 254 g/mol. The van der Waals surface area contributed by atoms with E-state index in [0.717, 1.165) is 11.3 Å². The van der Waals surface area contributed by atoms with Gasteiger partial charge in [0.25, 0.3) is 0 Å². The fourth-order valence-electron chi connectivity index (χ4n) is 2.05. The lowest BCUT2D eigenvalue weighted by Gasteiger charge is -2.14. The first-order valence-electron chi connectivity index (χ1n) is 6.55. The first kappa shape index (κ1) is 14.1. The van der Waals surface area contributed by atoms with Gasteiger partial charge in [-0.1, -0.05) is 12.1 Å². The highest BCUT2D eigenvalue weighted by molar-refractivity contribution is 5.78. The van der Waals surface area contributed by atoms with Crippen LogP contribution in [-0.4, -0.2) is 28.6 Å². The second-order valence-corrected chi connectivity index (χ2v) is 4.76. The van der Waals surface area contributed by atoms with Crippen molar-refractivity contribution in [3.05, 3.63) is 48.5 Å². The zero-order valence-electron chi connectivity index (χ0n) is 11.7. The second kappa shape index (κ2) is 6.75. The number of imidazole rings is 1. The monoisotopic (exact) mass is 273 g/mol. The van der Waals surface area contributed by atoms with Gasteiger partial charge in [0, 0.05) is 25.0 Å². The molecule has 106 valence electrons. The molecule has 0 aliphatic carbocycles. The molecule has 0 fully saturated rings. The molecule has 0 radical (unpaired) electrons. The van der Waals surface area contributed by atoms with Gasteiger partial charge >= 0.3 is 0 Å². The number of nitrogens with zero attached hydrogens (tertiary/aromatic N) is 2. The van der Waals surface area contributed by atoms with Crippen molar-refractivity contribution in [1.29, 1.82) is 0 Å². The third kappa shape index (κ3) is 4.12. The lowest BCUT2D eigenvalue weighted by molar-refractivity contribution is -0.121. The minimum Gasteiger partial charge on any atom is -0.497 e. The highest BCUT2D eigenvalue weighted by Crippen LogP contribution is 2.12. The molecule has 1 atom stereocenters. The van der Waals surface area contributed by atoms with Crippen molar-refractivity contribution in [1.82, 2.24) is 14.9 Å². The summed E-state index contributed by atoms with van der Waals surface area (Å²) in [7, 11) is 1.62. The molecule has 0 bridgehead atoms. The van der Waals surface area contributed by atoms with Crippen molar-refractivity contribution >= 4 is 5.91 Å². The van der Waals surface area contributed by atoms with E-state index in [0.29, 0.717) is 13.0 Å². The number of hydrogen-bond acceptors (Lipinski definition) is 3. The first-order chi connectivity index (χ1) is 9.67. The van der Waals surface area contributed by atoms with Crippen molar-refractivity contribution in [2.45, 2.75) is 25.9 Å². The molecule has 1 aromatic heterocycles. The lowest BCUT2D eigenvalue weighted by Crippen LogP contribution is -2.36. The zero-order chi connectivity index (χ0) is 14.4.